The number of ether oxygens (including phenoxy) is 2. The number of likely N-dealkylation sites (tertiary alicyclic amines) is 1. The van der Waals surface area contributed by atoms with Crippen LogP contribution in [-0.4, -0.2) is 61.9 Å². The minimum atomic E-state index is -0.432. The molecule has 0 radical (unpaired) electrons. The summed E-state index contributed by atoms with van der Waals surface area (Å²) in [5.74, 6) is -0.0660. The van der Waals surface area contributed by atoms with Gasteiger partial charge in [-0.25, -0.2) is 0 Å². The lowest BCUT2D eigenvalue weighted by atomic mass is 9.96. The molecule has 3 fully saturated rings. The number of nitrogens with zero attached hydrogens (tertiary/aromatic N) is 1. The quantitative estimate of drug-likeness (QED) is 0.775. The van der Waals surface area contributed by atoms with Crippen LogP contribution in [-0.2, 0) is 14.3 Å². The van der Waals surface area contributed by atoms with Gasteiger partial charge in [-0.05, 0) is 44.9 Å². The Kier molecular flexibility index (Phi) is 4.52. The standard InChI is InChI=1S/C16H28N2O3/c1-20-14-6-9-18(10-7-14)13-5-8-16(11-13,15(19)21-2)17-12-3-4-12/h12-14,17H,3-11H2,1-2H3. The van der Waals surface area contributed by atoms with Crippen LogP contribution in [0, 0.1) is 0 Å². The van der Waals surface area contributed by atoms with Crippen LogP contribution >= 0.6 is 0 Å². The molecule has 0 bridgehead atoms. The fourth-order valence-electron chi connectivity index (χ4n) is 4.00. The van der Waals surface area contributed by atoms with Crippen molar-refractivity contribution in [3.05, 3.63) is 0 Å². The van der Waals surface area contributed by atoms with Crippen LogP contribution in [0.4, 0.5) is 0 Å². The highest BCUT2D eigenvalue weighted by Gasteiger charge is 2.50. The Hall–Kier alpha value is -0.650. The van der Waals surface area contributed by atoms with E-state index in [1.54, 1.807) is 7.11 Å². The fourth-order valence-corrected chi connectivity index (χ4v) is 4.00. The second kappa shape index (κ2) is 6.23. The molecule has 0 aromatic rings. The molecule has 0 aromatic carbocycles. The number of methoxy groups -OCH3 is 2. The van der Waals surface area contributed by atoms with Gasteiger partial charge in [-0.2, -0.15) is 0 Å². The van der Waals surface area contributed by atoms with Gasteiger partial charge in [0.1, 0.15) is 5.54 Å². The first-order chi connectivity index (χ1) is 10.2. The van der Waals surface area contributed by atoms with Crippen molar-refractivity contribution in [2.24, 2.45) is 0 Å². The lowest BCUT2D eigenvalue weighted by molar-refractivity contribution is -0.148. The van der Waals surface area contributed by atoms with Gasteiger partial charge < -0.3 is 14.4 Å². The molecule has 2 aliphatic carbocycles. The van der Waals surface area contributed by atoms with E-state index in [0.717, 1.165) is 45.2 Å². The molecular formula is C16H28N2O3. The van der Waals surface area contributed by atoms with E-state index in [1.807, 2.05) is 0 Å². The maximum Gasteiger partial charge on any atom is 0.326 e. The number of piperidine rings is 1. The summed E-state index contributed by atoms with van der Waals surface area (Å²) >= 11 is 0. The minimum absolute atomic E-state index is 0.0660. The van der Waals surface area contributed by atoms with E-state index in [9.17, 15) is 4.79 Å². The largest absolute Gasteiger partial charge is 0.468 e. The number of rotatable bonds is 5. The predicted octanol–water partition coefficient (Wildman–Crippen LogP) is 1.31. The number of carbonyl (C=O) groups is 1. The molecule has 3 rings (SSSR count). The zero-order valence-corrected chi connectivity index (χ0v) is 13.3. The lowest BCUT2D eigenvalue weighted by Crippen LogP contribution is -2.53. The molecule has 1 saturated heterocycles. The SMILES string of the molecule is COC(=O)C1(NC2CC2)CCC(N2CCC(OC)CC2)C1. The molecule has 1 aliphatic heterocycles. The summed E-state index contributed by atoms with van der Waals surface area (Å²) in [6.45, 7) is 2.17. The van der Waals surface area contributed by atoms with Crippen molar-refractivity contribution in [1.29, 1.82) is 0 Å². The van der Waals surface area contributed by atoms with E-state index >= 15 is 0 Å². The van der Waals surface area contributed by atoms with E-state index in [4.69, 9.17) is 9.47 Å². The summed E-state index contributed by atoms with van der Waals surface area (Å²) < 4.78 is 10.5. The van der Waals surface area contributed by atoms with E-state index in [1.165, 1.54) is 20.0 Å². The Labute approximate surface area is 127 Å². The minimum Gasteiger partial charge on any atom is -0.468 e. The summed E-state index contributed by atoms with van der Waals surface area (Å²) in [4.78, 5) is 14.9. The second-order valence-corrected chi connectivity index (χ2v) is 6.86. The van der Waals surface area contributed by atoms with Crippen molar-refractivity contribution in [1.82, 2.24) is 10.2 Å². The first-order valence-corrected chi connectivity index (χ1v) is 8.30. The first-order valence-electron chi connectivity index (χ1n) is 8.30. The highest BCUT2D eigenvalue weighted by atomic mass is 16.5. The van der Waals surface area contributed by atoms with Crippen molar-refractivity contribution in [2.45, 2.75) is 68.7 Å². The Morgan fingerprint density at radius 3 is 2.43 bits per heavy atom. The normalized spacial score (nSPS) is 35.0. The van der Waals surface area contributed by atoms with Gasteiger partial charge in [-0.15, -0.1) is 0 Å². The van der Waals surface area contributed by atoms with Crippen LogP contribution in [0.2, 0.25) is 0 Å². The van der Waals surface area contributed by atoms with Crippen molar-refractivity contribution in [3.63, 3.8) is 0 Å². The van der Waals surface area contributed by atoms with E-state index in [2.05, 4.69) is 10.2 Å². The molecule has 2 unspecified atom stereocenters. The summed E-state index contributed by atoms with van der Waals surface area (Å²) in [7, 11) is 3.31. The van der Waals surface area contributed by atoms with Crippen LogP contribution in [0.5, 0.6) is 0 Å². The molecule has 0 amide bonds. The molecule has 5 heteroatoms. The Morgan fingerprint density at radius 2 is 1.86 bits per heavy atom. The topological polar surface area (TPSA) is 50.8 Å². The third kappa shape index (κ3) is 3.25. The van der Waals surface area contributed by atoms with Crippen LogP contribution in [0.3, 0.4) is 0 Å². The molecule has 0 aromatic heterocycles. The van der Waals surface area contributed by atoms with Gasteiger partial charge in [0.25, 0.3) is 0 Å². The first kappa shape index (κ1) is 15.3. The third-order valence-corrected chi connectivity index (χ3v) is 5.45. The van der Waals surface area contributed by atoms with Crippen molar-refractivity contribution in [3.8, 4) is 0 Å². The smallest absolute Gasteiger partial charge is 0.326 e. The Balaban J connectivity index is 1.60. The summed E-state index contributed by atoms with van der Waals surface area (Å²) in [6, 6.07) is 1.04. The van der Waals surface area contributed by atoms with Gasteiger partial charge in [0.05, 0.1) is 13.2 Å². The summed E-state index contributed by atoms with van der Waals surface area (Å²) in [5, 5.41) is 3.58. The molecular weight excluding hydrogens is 268 g/mol. The van der Waals surface area contributed by atoms with E-state index in [0.29, 0.717) is 18.2 Å². The Bertz CT molecular complexity index is 378. The average molecular weight is 296 g/mol. The maximum absolute atomic E-state index is 12.3. The third-order valence-electron chi connectivity index (χ3n) is 5.45. The van der Waals surface area contributed by atoms with Gasteiger partial charge in [0.2, 0.25) is 0 Å². The number of hydrogen-bond donors (Lipinski definition) is 1. The molecule has 1 N–H and O–H groups in total. The van der Waals surface area contributed by atoms with Crippen molar-refractivity contribution >= 4 is 5.97 Å². The Morgan fingerprint density at radius 1 is 1.14 bits per heavy atom. The molecule has 2 atom stereocenters. The highest BCUT2D eigenvalue weighted by Crippen LogP contribution is 2.38. The van der Waals surface area contributed by atoms with Gasteiger partial charge in [0.15, 0.2) is 0 Å². The number of hydrogen-bond acceptors (Lipinski definition) is 5. The van der Waals surface area contributed by atoms with Crippen molar-refractivity contribution < 1.29 is 14.3 Å². The van der Waals surface area contributed by atoms with Crippen LogP contribution < -0.4 is 5.32 Å². The molecule has 0 spiro atoms. The van der Waals surface area contributed by atoms with Crippen LogP contribution in [0.1, 0.15) is 44.9 Å². The van der Waals surface area contributed by atoms with Gasteiger partial charge in [-0.1, -0.05) is 0 Å². The molecule has 2 saturated carbocycles. The van der Waals surface area contributed by atoms with E-state index < -0.39 is 5.54 Å². The average Bonchev–Trinajstić information content (AvgIpc) is 3.23. The summed E-state index contributed by atoms with van der Waals surface area (Å²) in [5.41, 5.74) is -0.432. The molecule has 3 aliphatic rings. The van der Waals surface area contributed by atoms with Gasteiger partial charge in [0, 0.05) is 32.3 Å². The molecule has 5 nitrogen and oxygen atoms in total. The lowest BCUT2D eigenvalue weighted by Gasteiger charge is -2.36. The second-order valence-electron chi connectivity index (χ2n) is 6.86. The molecule has 120 valence electrons. The van der Waals surface area contributed by atoms with Crippen molar-refractivity contribution in [2.75, 3.05) is 27.3 Å². The number of esters is 1. The number of nitrogens with one attached hydrogen (secondary N) is 1. The molecule has 21 heavy (non-hydrogen) atoms. The predicted molar refractivity (Wildman–Crippen MR) is 80.1 cm³/mol. The zero-order valence-electron chi connectivity index (χ0n) is 13.3. The number of carbonyl (C=O) groups excluding carboxylic acids is 1. The summed E-state index contributed by atoms with van der Waals surface area (Å²) in [6.07, 6.45) is 7.91. The van der Waals surface area contributed by atoms with Crippen LogP contribution in [0.15, 0.2) is 0 Å². The monoisotopic (exact) mass is 296 g/mol. The van der Waals surface area contributed by atoms with Gasteiger partial charge in [-0.3, -0.25) is 10.1 Å². The van der Waals surface area contributed by atoms with Crippen LogP contribution in [0.25, 0.3) is 0 Å². The fraction of sp³-hybridized carbons (Fsp3) is 0.938. The van der Waals surface area contributed by atoms with E-state index in [-0.39, 0.29) is 5.97 Å². The maximum atomic E-state index is 12.3. The highest BCUT2D eigenvalue weighted by molar-refractivity contribution is 5.81. The van der Waals surface area contributed by atoms with Gasteiger partial charge >= 0.3 is 5.97 Å². The zero-order chi connectivity index (χ0) is 14.9. The molecule has 1 heterocycles.